The smallest absolute Gasteiger partial charge is 0.341 e. The van der Waals surface area contributed by atoms with Crippen LogP contribution >= 0.6 is 11.3 Å². The highest BCUT2D eigenvalue weighted by molar-refractivity contribution is 7.18. The van der Waals surface area contributed by atoms with Crippen LogP contribution < -0.4 is 5.32 Å². The van der Waals surface area contributed by atoms with E-state index in [0.717, 1.165) is 11.3 Å². The van der Waals surface area contributed by atoms with E-state index in [1.54, 1.807) is 13.8 Å². The molecule has 1 amide bonds. The molecule has 0 aliphatic rings. The summed E-state index contributed by atoms with van der Waals surface area (Å²) in [5.41, 5.74) is 0.855. The van der Waals surface area contributed by atoms with Gasteiger partial charge in [-0.25, -0.2) is 4.79 Å². The Bertz CT molecular complexity index is 1010. The number of aromatic nitrogens is 2. The van der Waals surface area contributed by atoms with E-state index in [0.29, 0.717) is 10.4 Å². The number of Topliss-reactive ketones (excluding diaryl/α,β-unsaturated/α-hetero) is 1. The molecule has 2 aromatic rings. The number of rotatable bonds is 7. The van der Waals surface area contributed by atoms with Crippen molar-refractivity contribution in [2.45, 2.75) is 47.6 Å². The van der Waals surface area contributed by atoms with Gasteiger partial charge in [0.15, 0.2) is 5.78 Å². The standard InChI is InChI=1S/C18H22N4O6S/c1-7-28-18(25)13-8(2)15(12(6)23)29-17(13)19-16(24)11(5)21-10(4)14(22(26)27)9(3)20-21/h11H,7H2,1-6H3,(H,19,24)/t11-/m1/s1. The Kier molecular flexibility index (Phi) is 6.52. The van der Waals surface area contributed by atoms with Crippen molar-refractivity contribution in [3.63, 3.8) is 0 Å². The maximum Gasteiger partial charge on any atom is 0.341 e. The topological polar surface area (TPSA) is 133 Å². The first-order valence-electron chi connectivity index (χ1n) is 8.83. The molecule has 0 aliphatic carbocycles. The quantitative estimate of drug-likeness (QED) is 0.313. The van der Waals surface area contributed by atoms with Gasteiger partial charge in [0.05, 0.1) is 22.0 Å². The van der Waals surface area contributed by atoms with Crippen LogP contribution in [-0.4, -0.2) is 39.0 Å². The van der Waals surface area contributed by atoms with Gasteiger partial charge in [-0.05, 0) is 47.1 Å². The molecule has 0 bridgehead atoms. The molecule has 1 atom stereocenters. The van der Waals surface area contributed by atoms with Crippen LogP contribution in [0.3, 0.4) is 0 Å². The molecule has 0 radical (unpaired) electrons. The second-order valence-corrected chi connectivity index (χ2v) is 7.44. The van der Waals surface area contributed by atoms with Crippen molar-refractivity contribution in [3.8, 4) is 0 Å². The van der Waals surface area contributed by atoms with E-state index in [-0.39, 0.29) is 40.0 Å². The predicted octanol–water partition coefficient (Wildman–Crippen LogP) is 3.36. The van der Waals surface area contributed by atoms with Crippen molar-refractivity contribution in [3.05, 3.63) is 37.5 Å². The maximum absolute atomic E-state index is 12.8. The lowest BCUT2D eigenvalue weighted by molar-refractivity contribution is -0.386. The van der Waals surface area contributed by atoms with Gasteiger partial charge < -0.3 is 10.1 Å². The highest BCUT2D eigenvalue weighted by Gasteiger charge is 2.30. The summed E-state index contributed by atoms with van der Waals surface area (Å²) >= 11 is 0.987. The number of aryl methyl sites for hydroxylation is 1. The molecule has 1 N–H and O–H groups in total. The molecule has 0 aromatic carbocycles. The van der Waals surface area contributed by atoms with Gasteiger partial charge in [0, 0.05) is 0 Å². The Morgan fingerprint density at radius 3 is 2.41 bits per heavy atom. The van der Waals surface area contributed by atoms with Crippen LogP contribution in [0.5, 0.6) is 0 Å². The molecule has 0 fully saturated rings. The molecule has 29 heavy (non-hydrogen) atoms. The Hall–Kier alpha value is -3.08. The number of ketones is 1. The third-order valence-corrected chi connectivity index (χ3v) is 5.71. The van der Waals surface area contributed by atoms with E-state index in [9.17, 15) is 24.5 Å². The van der Waals surface area contributed by atoms with Crippen molar-refractivity contribution < 1.29 is 24.0 Å². The average Bonchev–Trinajstić information content (AvgIpc) is 3.10. The van der Waals surface area contributed by atoms with Crippen LogP contribution in [0.25, 0.3) is 0 Å². The molecule has 0 saturated heterocycles. The van der Waals surface area contributed by atoms with Crippen molar-refractivity contribution in [1.82, 2.24) is 9.78 Å². The van der Waals surface area contributed by atoms with Gasteiger partial charge in [-0.1, -0.05) is 0 Å². The summed E-state index contributed by atoms with van der Waals surface area (Å²) in [6, 6.07) is -0.888. The fourth-order valence-electron chi connectivity index (χ4n) is 3.01. The van der Waals surface area contributed by atoms with Crippen LogP contribution in [0.15, 0.2) is 0 Å². The number of ether oxygens (including phenoxy) is 1. The van der Waals surface area contributed by atoms with E-state index in [2.05, 4.69) is 10.4 Å². The maximum atomic E-state index is 12.8. The molecule has 0 unspecified atom stereocenters. The second-order valence-electron chi connectivity index (χ2n) is 6.42. The normalized spacial score (nSPS) is 11.8. The highest BCUT2D eigenvalue weighted by Crippen LogP contribution is 2.35. The van der Waals surface area contributed by atoms with E-state index in [1.807, 2.05) is 0 Å². The van der Waals surface area contributed by atoms with Gasteiger partial charge >= 0.3 is 11.7 Å². The number of nitrogens with one attached hydrogen (secondary N) is 1. The van der Waals surface area contributed by atoms with Gasteiger partial charge in [-0.2, -0.15) is 5.10 Å². The Labute approximate surface area is 171 Å². The van der Waals surface area contributed by atoms with Gasteiger partial charge in [0.25, 0.3) is 0 Å². The van der Waals surface area contributed by atoms with Gasteiger partial charge in [0.1, 0.15) is 22.4 Å². The average molecular weight is 422 g/mol. The number of esters is 1. The first-order valence-corrected chi connectivity index (χ1v) is 9.65. The van der Waals surface area contributed by atoms with Crippen molar-refractivity contribution >= 4 is 39.7 Å². The molecule has 0 aliphatic heterocycles. The molecule has 2 aromatic heterocycles. The van der Waals surface area contributed by atoms with Gasteiger partial charge in [-0.15, -0.1) is 11.3 Å². The first-order chi connectivity index (χ1) is 13.5. The monoisotopic (exact) mass is 422 g/mol. The fourth-order valence-corrected chi connectivity index (χ4v) is 4.10. The molecular weight excluding hydrogens is 400 g/mol. The predicted molar refractivity (Wildman–Crippen MR) is 107 cm³/mol. The van der Waals surface area contributed by atoms with Crippen molar-refractivity contribution in [2.75, 3.05) is 11.9 Å². The van der Waals surface area contributed by atoms with Crippen LogP contribution in [0.4, 0.5) is 10.7 Å². The number of nitro groups is 1. The van der Waals surface area contributed by atoms with Crippen LogP contribution in [-0.2, 0) is 9.53 Å². The number of carbonyl (C=O) groups excluding carboxylic acids is 3. The largest absolute Gasteiger partial charge is 0.462 e. The molecule has 0 saturated carbocycles. The lowest BCUT2D eigenvalue weighted by Gasteiger charge is -2.14. The van der Waals surface area contributed by atoms with Gasteiger partial charge in [-0.3, -0.25) is 24.4 Å². The van der Waals surface area contributed by atoms with E-state index in [4.69, 9.17) is 4.74 Å². The van der Waals surface area contributed by atoms with Crippen LogP contribution in [0.1, 0.15) is 63.8 Å². The summed E-state index contributed by atoms with van der Waals surface area (Å²) in [4.78, 5) is 48.0. The van der Waals surface area contributed by atoms with E-state index in [1.165, 1.54) is 32.4 Å². The zero-order chi connectivity index (χ0) is 22.0. The summed E-state index contributed by atoms with van der Waals surface area (Å²) in [6.45, 7) is 9.32. The number of thiophene rings is 1. The number of anilines is 1. The molecule has 156 valence electrons. The zero-order valence-electron chi connectivity index (χ0n) is 17.0. The summed E-state index contributed by atoms with van der Waals surface area (Å²) in [7, 11) is 0. The van der Waals surface area contributed by atoms with Crippen molar-refractivity contribution in [2.24, 2.45) is 0 Å². The minimum absolute atomic E-state index is 0.127. The lowest BCUT2D eigenvalue weighted by atomic mass is 10.1. The fraction of sp³-hybridized carbons (Fsp3) is 0.444. The van der Waals surface area contributed by atoms with E-state index >= 15 is 0 Å². The minimum Gasteiger partial charge on any atom is -0.462 e. The Morgan fingerprint density at radius 1 is 1.31 bits per heavy atom. The highest BCUT2D eigenvalue weighted by atomic mass is 32.1. The number of hydrogen-bond acceptors (Lipinski definition) is 8. The Morgan fingerprint density at radius 2 is 1.93 bits per heavy atom. The molecule has 2 rings (SSSR count). The lowest BCUT2D eigenvalue weighted by Crippen LogP contribution is -2.25. The number of carbonyl (C=O) groups is 3. The third kappa shape index (κ3) is 4.19. The molecule has 2 heterocycles. The summed E-state index contributed by atoms with van der Waals surface area (Å²) < 4.78 is 6.31. The SMILES string of the molecule is CCOC(=O)c1c(NC(=O)[C@@H](C)n2nc(C)c([N+](=O)[O-])c2C)sc(C(C)=O)c1C. The molecule has 10 nitrogen and oxygen atoms in total. The van der Waals surface area contributed by atoms with Crippen molar-refractivity contribution in [1.29, 1.82) is 0 Å². The molecular formula is C18H22N4O6S. The molecule has 11 heteroatoms. The van der Waals surface area contributed by atoms with Crippen LogP contribution in [0.2, 0.25) is 0 Å². The summed E-state index contributed by atoms with van der Waals surface area (Å²) in [6.07, 6.45) is 0. The third-order valence-electron chi connectivity index (χ3n) is 4.40. The second kappa shape index (κ2) is 8.52. The minimum atomic E-state index is -0.888. The summed E-state index contributed by atoms with van der Waals surface area (Å²) in [5.74, 6) is -1.41. The number of hydrogen-bond donors (Lipinski definition) is 1. The zero-order valence-corrected chi connectivity index (χ0v) is 17.8. The Balaban J connectivity index is 2.41. The van der Waals surface area contributed by atoms with Gasteiger partial charge in [0.2, 0.25) is 5.91 Å². The number of amides is 1. The summed E-state index contributed by atoms with van der Waals surface area (Å²) in [5, 5.41) is 18.1. The van der Waals surface area contributed by atoms with Crippen LogP contribution in [0, 0.1) is 30.9 Å². The molecule has 0 spiro atoms. The number of nitrogens with zero attached hydrogens (tertiary/aromatic N) is 3. The van der Waals surface area contributed by atoms with E-state index < -0.39 is 22.8 Å². The first kappa shape index (κ1) is 22.2.